The maximum Gasteiger partial charge on any atom is 0.506 e. The Bertz CT molecular complexity index is 1110. The molecule has 2 aromatic heterocycles. The summed E-state index contributed by atoms with van der Waals surface area (Å²) in [4.78, 5) is 29.7. The summed E-state index contributed by atoms with van der Waals surface area (Å²) >= 11 is 0. The monoisotopic (exact) mass is 407 g/mol. The third-order valence-corrected chi connectivity index (χ3v) is 5.20. The molecule has 154 valence electrons. The Labute approximate surface area is 172 Å². The number of pyridine rings is 1. The molecule has 0 unspecified atom stereocenters. The number of nitrogens with one attached hydrogen (secondary N) is 1. The minimum absolute atomic E-state index is 0.0452. The first kappa shape index (κ1) is 19.4. The topological polar surface area (TPSA) is 134 Å². The van der Waals surface area contributed by atoms with E-state index in [2.05, 4.69) is 4.98 Å². The van der Waals surface area contributed by atoms with Gasteiger partial charge in [-0.3, -0.25) is 10.2 Å². The van der Waals surface area contributed by atoms with Gasteiger partial charge in [0.05, 0.1) is 11.3 Å². The SMILES string of the molecule is N=C(N)c1cccn2cc(-c3ccc(C(=O)N4CCC(OC(=O)O)CC4)cc3)nc12. The zero-order valence-electron chi connectivity index (χ0n) is 16.1. The molecule has 30 heavy (non-hydrogen) atoms. The second-order valence-corrected chi connectivity index (χ2v) is 7.15. The van der Waals surface area contributed by atoms with Crippen molar-refractivity contribution >= 4 is 23.5 Å². The van der Waals surface area contributed by atoms with Crippen molar-refractivity contribution in [1.82, 2.24) is 14.3 Å². The zero-order chi connectivity index (χ0) is 21.3. The molecule has 4 N–H and O–H groups in total. The van der Waals surface area contributed by atoms with Crippen molar-refractivity contribution < 1.29 is 19.4 Å². The van der Waals surface area contributed by atoms with Gasteiger partial charge in [0.25, 0.3) is 5.91 Å². The number of carboxylic acid groups (broad SMARTS) is 1. The summed E-state index contributed by atoms with van der Waals surface area (Å²) in [5.41, 5.74) is 8.92. The Balaban J connectivity index is 1.49. The predicted octanol–water partition coefficient (Wildman–Crippen LogP) is 2.58. The molecule has 1 aromatic carbocycles. The van der Waals surface area contributed by atoms with E-state index in [4.69, 9.17) is 21.0 Å². The van der Waals surface area contributed by atoms with Crippen LogP contribution in [0.3, 0.4) is 0 Å². The number of nitrogens with two attached hydrogens (primary N) is 1. The molecule has 1 aliphatic rings. The lowest BCUT2D eigenvalue weighted by molar-refractivity contribution is 0.0199. The van der Waals surface area contributed by atoms with Crippen LogP contribution < -0.4 is 5.73 Å². The molecular formula is C21H21N5O4. The number of piperidine rings is 1. The number of likely N-dealkylation sites (tertiary alicyclic amines) is 1. The van der Waals surface area contributed by atoms with Crippen LogP contribution in [0.2, 0.25) is 0 Å². The number of amidine groups is 1. The number of aromatic nitrogens is 2. The Morgan fingerprint density at radius 1 is 1.17 bits per heavy atom. The lowest BCUT2D eigenvalue weighted by atomic mass is 10.0. The largest absolute Gasteiger partial charge is 0.506 e. The standard InChI is InChI=1S/C21H21N5O4/c22-18(23)16-2-1-9-26-12-17(24-19(16)26)13-3-5-14(6-4-13)20(27)25-10-7-15(8-11-25)30-21(28)29/h1-6,9,12,15H,7-8,10-11H2,(H3,22,23)(H,28,29). The van der Waals surface area contributed by atoms with Crippen molar-refractivity contribution in [2.24, 2.45) is 5.73 Å². The molecule has 0 atom stereocenters. The summed E-state index contributed by atoms with van der Waals surface area (Å²) in [6.45, 7) is 0.914. The Morgan fingerprint density at radius 2 is 1.87 bits per heavy atom. The van der Waals surface area contributed by atoms with Crippen LogP contribution in [0.5, 0.6) is 0 Å². The van der Waals surface area contributed by atoms with Crippen LogP contribution in [-0.4, -0.2) is 56.5 Å². The Kier molecular flexibility index (Phi) is 5.09. The first-order chi connectivity index (χ1) is 14.4. The van der Waals surface area contributed by atoms with Crippen molar-refractivity contribution in [3.63, 3.8) is 0 Å². The number of nitrogen functional groups attached to an aromatic ring is 1. The normalized spacial score (nSPS) is 14.6. The average molecular weight is 407 g/mol. The van der Waals surface area contributed by atoms with Gasteiger partial charge in [0.1, 0.15) is 17.6 Å². The second-order valence-electron chi connectivity index (χ2n) is 7.15. The van der Waals surface area contributed by atoms with Crippen LogP contribution in [0.15, 0.2) is 48.8 Å². The van der Waals surface area contributed by atoms with Crippen LogP contribution in [0, 0.1) is 5.41 Å². The van der Waals surface area contributed by atoms with E-state index in [1.54, 1.807) is 23.1 Å². The van der Waals surface area contributed by atoms with Crippen molar-refractivity contribution in [2.45, 2.75) is 18.9 Å². The summed E-state index contributed by atoms with van der Waals surface area (Å²) in [5.74, 6) is -0.139. The highest BCUT2D eigenvalue weighted by molar-refractivity contribution is 6.00. The number of carbonyl (C=O) groups excluding carboxylic acids is 1. The average Bonchev–Trinajstić information content (AvgIpc) is 3.17. The molecule has 0 radical (unpaired) electrons. The lowest BCUT2D eigenvalue weighted by Crippen LogP contribution is -2.41. The van der Waals surface area contributed by atoms with E-state index in [-0.39, 0.29) is 17.8 Å². The summed E-state index contributed by atoms with van der Waals surface area (Å²) in [5, 5.41) is 16.4. The van der Waals surface area contributed by atoms with Crippen LogP contribution in [0.25, 0.3) is 16.9 Å². The fraction of sp³-hybridized carbons (Fsp3) is 0.238. The number of imidazole rings is 1. The number of fused-ring (bicyclic) bond motifs is 1. The van der Waals surface area contributed by atoms with Crippen LogP contribution >= 0.6 is 0 Å². The van der Waals surface area contributed by atoms with Gasteiger partial charge in [-0.1, -0.05) is 12.1 Å². The van der Waals surface area contributed by atoms with Gasteiger partial charge in [-0.05, 0) is 24.3 Å². The van der Waals surface area contributed by atoms with Gasteiger partial charge in [-0.15, -0.1) is 0 Å². The van der Waals surface area contributed by atoms with Crippen LogP contribution in [-0.2, 0) is 4.74 Å². The number of nitrogens with zero attached hydrogens (tertiary/aromatic N) is 3. The maximum absolute atomic E-state index is 12.7. The number of hydrogen-bond acceptors (Lipinski definition) is 5. The Morgan fingerprint density at radius 3 is 2.50 bits per heavy atom. The minimum Gasteiger partial charge on any atom is -0.450 e. The highest BCUT2D eigenvalue weighted by Gasteiger charge is 2.25. The molecule has 1 aliphatic heterocycles. The van der Waals surface area contributed by atoms with Gasteiger partial charge in [-0.25, -0.2) is 9.78 Å². The van der Waals surface area contributed by atoms with Gasteiger partial charge >= 0.3 is 6.16 Å². The number of ether oxygens (including phenoxy) is 1. The highest BCUT2D eigenvalue weighted by Crippen LogP contribution is 2.23. The molecule has 0 aliphatic carbocycles. The second kappa shape index (κ2) is 7.86. The van der Waals surface area contributed by atoms with Gasteiger partial charge < -0.3 is 24.9 Å². The third-order valence-electron chi connectivity index (χ3n) is 5.20. The quantitative estimate of drug-likeness (QED) is 0.346. The van der Waals surface area contributed by atoms with Crippen molar-refractivity contribution in [3.05, 3.63) is 59.9 Å². The van der Waals surface area contributed by atoms with Gasteiger partial charge in [0, 0.05) is 49.5 Å². The molecule has 0 bridgehead atoms. The smallest absolute Gasteiger partial charge is 0.450 e. The van der Waals surface area contributed by atoms with Crippen molar-refractivity contribution in [2.75, 3.05) is 13.1 Å². The highest BCUT2D eigenvalue weighted by atomic mass is 16.7. The number of carbonyl (C=O) groups is 2. The minimum atomic E-state index is -1.28. The maximum atomic E-state index is 12.7. The number of rotatable bonds is 4. The molecule has 1 amide bonds. The molecule has 3 heterocycles. The molecule has 4 rings (SSSR count). The molecule has 3 aromatic rings. The van der Waals surface area contributed by atoms with E-state index >= 15 is 0 Å². The summed E-state index contributed by atoms with van der Waals surface area (Å²) in [7, 11) is 0. The summed E-state index contributed by atoms with van der Waals surface area (Å²) in [6.07, 6.45) is 3.05. The van der Waals surface area contributed by atoms with Gasteiger partial charge in [-0.2, -0.15) is 0 Å². The van der Waals surface area contributed by atoms with Crippen molar-refractivity contribution in [3.8, 4) is 11.3 Å². The van der Waals surface area contributed by atoms with E-state index in [1.807, 2.05) is 35.0 Å². The summed E-state index contributed by atoms with van der Waals surface area (Å²) in [6, 6.07) is 10.7. The number of benzene rings is 1. The molecule has 0 spiro atoms. The first-order valence-corrected chi connectivity index (χ1v) is 9.54. The molecule has 9 nitrogen and oxygen atoms in total. The van der Waals surface area contributed by atoms with E-state index in [9.17, 15) is 9.59 Å². The fourth-order valence-corrected chi connectivity index (χ4v) is 3.65. The lowest BCUT2D eigenvalue weighted by Gasteiger charge is -2.31. The zero-order valence-corrected chi connectivity index (χ0v) is 16.1. The first-order valence-electron chi connectivity index (χ1n) is 9.54. The molecule has 1 fully saturated rings. The van der Waals surface area contributed by atoms with E-state index in [0.29, 0.717) is 48.4 Å². The van der Waals surface area contributed by atoms with Gasteiger partial charge in [0.2, 0.25) is 0 Å². The third kappa shape index (κ3) is 3.82. The molecule has 0 saturated carbocycles. The van der Waals surface area contributed by atoms with E-state index < -0.39 is 6.16 Å². The molecule has 1 saturated heterocycles. The van der Waals surface area contributed by atoms with E-state index in [1.165, 1.54) is 0 Å². The van der Waals surface area contributed by atoms with Crippen LogP contribution in [0.1, 0.15) is 28.8 Å². The van der Waals surface area contributed by atoms with Crippen LogP contribution in [0.4, 0.5) is 4.79 Å². The summed E-state index contributed by atoms with van der Waals surface area (Å²) < 4.78 is 6.60. The molecular weight excluding hydrogens is 386 g/mol. The molecule has 9 heteroatoms. The number of hydrogen-bond donors (Lipinski definition) is 3. The van der Waals surface area contributed by atoms with E-state index in [0.717, 1.165) is 5.56 Å². The number of amides is 1. The van der Waals surface area contributed by atoms with Crippen molar-refractivity contribution in [1.29, 1.82) is 5.41 Å². The van der Waals surface area contributed by atoms with Gasteiger partial charge in [0.15, 0.2) is 0 Å². The fourth-order valence-electron chi connectivity index (χ4n) is 3.65. The Hall–Kier alpha value is -3.88. The predicted molar refractivity (Wildman–Crippen MR) is 110 cm³/mol.